The quantitative estimate of drug-likeness (QED) is 0.431. The largest absolute Gasteiger partial charge is 0.477 e. The van der Waals surface area contributed by atoms with Crippen LogP contribution in [0.25, 0.3) is 11.1 Å². The van der Waals surface area contributed by atoms with E-state index in [0.717, 1.165) is 22.3 Å². The molecule has 0 aliphatic heterocycles. The molecule has 1 aliphatic rings. The number of aromatic nitrogens is 1. The van der Waals surface area contributed by atoms with Crippen LogP contribution in [-0.4, -0.2) is 54.4 Å². The van der Waals surface area contributed by atoms with Crippen LogP contribution in [0, 0.1) is 0 Å². The first kappa shape index (κ1) is 23.9. The van der Waals surface area contributed by atoms with Crippen molar-refractivity contribution in [2.45, 2.75) is 18.4 Å². The molecule has 2 aromatic carbocycles. The van der Waals surface area contributed by atoms with Crippen LogP contribution in [0.3, 0.4) is 0 Å². The Kier molecular flexibility index (Phi) is 7.37. The van der Waals surface area contributed by atoms with Gasteiger partial charge in [-0.2, -0.15) is 0 Å². The number of carbonyl (C=O) groups excluding carboxylic acids is 2. The fourth-order valence-electron chi connectivity index (χ4n) is 4.11. The number of hydrogen-bond acceptors (Lipinski definition) is 6. The summed E-state index contributed by atoms with van der Waals surface area (Å²) >= 11 is 0. The van der Waals surface area contributed by atoms with Gasteiger partial charge in [-0.05, 0) is 34.4 Å². The van der Waals surface area contributed by atoms with Gasteiger partial charge >= 0.3 is 12.1 Å². The zero-order valence-electron chi connectivity index (χ0n) is 19.1. The number of alkyl carbamates (subject to hydrolysis) is 1. The molecular weight excluding hydrogens is 450 g/mol. The van der Waals surface area contributed by atoms with Crippen LogP contribution in [0.2, 0.25) is 0 Å². The van der Waals surface area contributed by atoms with Crippen LogP contribution in [0.5, 0.6) is 0 Å². The van der Waals surface area contributed by atoms with Gasteiger partial charge in [0.15, 0.2) is 0 Å². The van der Waals surface area contributed by atoms with Gasteiger partial charge in [-0.15, -0.1) is 0 Å². The lowest BCUT2D eigenvalue weighted by Crippen LogP contribution is -2.45. The van der Waals surface area contributed by atoms with E-state index in [1.807, 2.05) is 36.4 Å². The Balaban J connectivity index is 1.40. The number of carbonyl (C=O) groups is 3. The Morgan fingerprint density at radius 1 is 1.00 bits per heavy atom. The zero-order chi connectivity index (χ0) is 24.8. The summed E-state index contributed by atoms with van der Waals surface area (Å²) in [5, 5.41) is 14.2. The highest BCUT2D eigenvalue weighted by atomic mass is 16.5. The van der Waals surface area contributed by atoms with Crippen molar-refractivity contribution in [1.29, 1.82) is 0 Å². The van der Waals surface area contributed by atoms with E-state index < -0.39 is 24.0 Å². The molecule has 1 unspecified atom stereocenters. The standard InChI is InChI=1S/C26H25N3O6/c1-34-13-12-22(24(30)28-16-10-11-23(25(31)32)27-14-16)29-26(33)35-15-21-19-8-4-2-6-17(19)18-7-3-5-9-20(18)21/h2-11,14,21-22H,12-13,15H2,1H3,(H,28,30)(H,29,33)(H,31,32). The summed E-state index contributed by atoms with van der Waals surface area (Å²) in [4.78, 5) is 40.1. The Bertz CT molecular complexity index is 1180. The molecule has 180 valence electrons. The lowest BCUT2D eigenvalue weighted by molar-refractivity contribution is -0.118. The first-order valence-corrected chi connectivity index (χ1v) is 11.1. The van der Waals surface area contributed by atoms with Crippen molar-refractivity contribution in [2.24, 2.45) is 0 Å². The SMILES string of the molecule is COCCC(NC(=O)OCC1c2ccccc2-c2ccccc21)C(=O)Nc1ccc(C(=O)O)nc1. The van der Waals surface area contributed by atoms with E-state index >= 15 is 0 Å². The van der Waals surface area contributed by atoms with Gasteiger partial charge in [0.05, 0.1) is 11.9 Å². The minimum absolute atomic E-state index is 0.0989. The number of rotatable bonds is 9. The summed E-state index contributed by atoms with van der Waals surface area (Å²) in [6.45, 7) is 0.358. The molecule has 2 amide bonds. The summed E-state index contributed by atoms with van der Waals surface area (Å²) in [7, 11) is 1.50. The number of pyridine rings is 1. The summed E-state index contributed by atoms with van der Waals surface area (Å²) in [5.74, 6) is -1.77. The van der Waals surface area contributed by atoms with Crippen LogP contribution in [0.4, 0.5) is 10.5 Å². The number of carboxylic acids is 1. The van der Waals surface area contributed by atoms with Crippen molar-refractivity contribution < 1.29 is 29.0 Å². The molecule has 1 aromatic heterocycles. The van der Waals surface area contributed by atoms with Gasteiger partial charge < -0.3 is 25.2 Å². The van der Waals surface area contributed by atoms with Crippen LogP contribution in [-0.2, 0) is 14.3 Å². The van der Waals surface area contributed by atoms with Crippen molar-refractivity contribution in [1.82, 2.24) is 10.3 Å². The number of amides is 2. The summed E-state index contributed by atoms with van der Waals surface area (Å²) in [5.41, 5.74) is 4.58. The highest BCUT2D eigenvalue weighted by Gasteiger charge is 2.29. The number of nitrogens with one attached hydrogen (secondary N) is 2. The second-order valence-electron chi connectivity index (χ2n) is 8.03. The summed E-state index contributed by atoms with van der Waals surface area (Å²) < 4.78 is 10.6. The van der Waals surface area contributed by atoms with Gasteiger partial charge in [-0.3, -0.25) is 4.79 Å². The van der Waals surface area contributed by atoms with E-state index in [1.54, 1.807) is 0 Å². The Labute approximate surface area is 202 Å². The number of nitrogens with zero attached hydrogens (tertiary/aromatic N) is 1. The summed E-state index contributed by atoms with van der Waals surface area (Å²) in [6, 6.07) is 17.8. The van der Waals surface area contributed by atoms with Crippen molar-refractivity contribution in [3.63, 3.8) is 0 Å². The number of anilines is 1. The van der Waals surface area contributed by atoms with Gasteiger partial charge in [0, 0.05) is 26.1 Å². The van der Waals surface area contributed by atoms with Crippen molar-refractivity contribution >= 4 is 23.7 Å². The average molecular weight is 476 g/mol. The van der Waals surface area contributed by atoms with Gasteiger partial charge in [-0.1, -0.05) is 48.5 Å². The number of hydrogen-bond donors (Lipinski definition) is 3. The smallest absolute Gasteiger partial charge is 0.407 e. The number of ether oxygens (including phenoxy) is 2. The molecule has 1 heterocycles. The first-order valence-electron chi connectivity index (χ1n) is 11.1. The third kappa shape index (κ3) is 5.47. The van der Waals surface area contributed by atoms with Crippen LogP contribution in [0.1, 0.15) is 34.0 Å². The summed E-state index contributed by atoms with van der Waals surface area (Å²) in [6.07, 6.45) is 0.734. The van der Waals surface area contributed by atoms with E-state index in [9.17, 15) is 14.4 Å². The Hall–Kier alpha value is -4.24. The third-order valence-corrected chi connectivity index (χ3v) is 5.81. The Morgan fingerprint density at radius 2 is 1.66 bits per heavy atom. The maximum absolute atomic E-state index is 12.8. The topological polar surface area (TPSA) is 127 Å². The van der Waals surface area contributed by atoms with E-state index in [0.29, 0.717) is 5.69 Å². The third-order valence-electron chi connectivity index (χ3n) is 5.81. The van der Waals surface area contributed by atoms with Crippen molar-refractivity contribution in [2.75, 3.05) is 25.6 Å². The molecule has 9 nitrogen and oxygen atoms in total. The molecule has 9 heteroatoms. The number of carboxylic acid groups (broad SMARTS) is 1. The molecule has 4 rings (SSSR count). The first-order chi connectivity index (χ1) is 17.0. The fraction of sp³-hybridized carbons (Fsp3) is 0.231. The van der Waals surface area contributed by atoms with Crippen molar-refractivity contribution in [3.8, 4) is 11.1 Å². The van der Waals surface area contributed by atoms with Gasteiger partial charge in [0.1, 0.15) is 18.3 Å². The number of aromatic carboxylic acids is 1. The predicted octanol–water partition coefficient (Wildman–Crippen LogP) is 3.66. The number of benzene rings is 2. The van der Waals surface area contributed by atoms with Crippen LogP contribution < -0.4 is 10.6 Å². The van der Waals surface area contributed by atoms with E-state index in [-0.39, 0.29) is 31.2 Å². The van der Waals surface area contributed by atoms with Gasteiger partial charge in [-0.25, -0.2) is 14.6 Å². The van der Waals surface area contributed by atoms with Gasteiger partial charge in [0.25, 0.3) is 0 Å². The Morgan fingerprint density at radius 3 is 2.23 bits per heavy atom. The van der Waals surface area contributed by atoms with Crippen LogP contribution in [0.15, 0.2) is 66.9 Å². The highest BCUT2D eigenvalue weighted by molar-refractivity contribution is 5.96. The molecule has 0 saturated heterocycles. The van der Waals surface area contributed by atoms with Gasteiger partial charge in [0.2, 0.25) is 5.91 Å². The number of methoxy groups -OCH3 is 1. The maximum Gasteiger partial charge on any atom is 0.407 e. The molecule has 0 spiro atoms. The minimum atomic E-state index is -1.17. The van der Waals surface area contributed by atoms with E-state index in [4.69, 9.17) is 14.6 Å². The second-order valence-corrected chi connectivity index (χ2v) is 8.03. The molecule has 0 bridgehead atoms. The molecular formula is C26H25N3O6. The zero-order valence-corrected chi connectivity index (χ0v) is 19.1. The van der Waals surface area contributed by atoms with E-state index in [2.05, 4.69) is 27.8 Å². The fourth-order valence-corrected chi connectivity index (χ4v) is 4.11. The number of fused-ring (bicyclic) bond motifs is 3. The highest BCUT2D eigenvalue weighted by Crippen LogP contribution is 2.44. The minimum Gasteiger partial charge on any atom is -0.477 e. The molecule has 35 heavy (non-hydrogen) atoms. The lowest BCUT2D eigenvalue weighted by Gasteiger charge is -2.19. The molecule has 1 aliphatic carbocycles. The van der Waals surface area contributed by atoms with E-state index in [1.165, 1.54) is 25.4 Å². The molecule has 0 fully saturated rings. The normalized spacial score (nSPS) is 12.8. The maximum atomic E-state index is 12.8. The second kappa shape index (κ2) is 10.8. The molecule has 0 saturated carbocycles. The molecule has 0 radical (unpaired) electrons. The molecule has 3 N–H and O–H groups in total. The lowest BCUT2D eigenvalue weighted by atomic mass is 9.98. The molecule has 3 aromatic rings. The molecule has 1 atom stereocenters. The van der Waals surface area contributed by atoms with Crippen molar-refractivity contribution in [3.05, 3.63) is 83.7 Å². The van der Waals surface area contributed by atoms with Crippen LogP contribution >= 0.6 is 0 Å². The predicted molar refractivity (Wildman–Crippen MR) is 128 cm³/mol. The average Bonchev–Trinajstić information content (AvgIpc) is 3.19. The monoisotopic (exact) mass is 475 g/mol.